The van der Waals surface area contributed by atoms with Gasteiger partial charge in [-0.15, -0.1) is 0 Å². The summed E-state index contributed by atoms with van der Waals surface area (Å²) in [5, 5.41) is 0. The molecule has 2 nitrogen and oxygen atoms in total. The fraction of sp³-hybridized carbons (Fsp3) is 0.333. The predicted molar refractivity (Wildman–Crippen MR) is 45.3 cm³/mol. The zero-order valence-electron chi connectivity index (χ0n) is 6.54. The number of rotatable bonds is 1. The second kappa shape index (κ2) is 2.46. The maximum atomic E-state index is 4.42. The van der Waals surface area contributed by atoms with Crippen molar-refractivity contribution >= 4 is 11.4 Å². The summed E-state index contributed by atoms with van der Waals surface area (Å²) < 4.78 is 0. The summed E-state index contributed by atoms with van der Waals surface area (Å²) in [5.74, 6) is 0. The van der Waals surface area contributed by atoms with E-state index in [1.54, 1.807) is 0 Å². The molecule has 11 heavy (non-hydrogen) atoms. The van der Waals surface area contributed by atoms with Crippen molar-refractivity contribution < 1.29 is 0 Å². The van der Waals surface area contributed by atoms with Crippen LogP contribution in [0, 0.1) is 0 Å². The van der Waals surface area contributed by atoms with Gasteiger partial charge in [-0.2, -0.15) is 0 Å². The third-order valence-corrected chi connectivity index (χ3v) is 1.92. The van der Waals surface area contributed by atoms with Crippen LogP contribution in [0.2, 0.25) is 0 Å². The third-order valence-electron chi connectivity index (χ3n) is 1.92. The smallest absolute Gasteiger partial charge is 0.0848 e. The number of hydrogen-bond donors (Lipinski definition) is 0. The molecule has 0 amide bonds. The topological polar surface area (TPSA) is 25.2 Å². The van der Waals surface area contributed by atoms with Crippen LogP contribution in [-0.4, -0.2) is 10.7 Å². The van der Waals surface area contributed by atoms with Gasteiger partial charge in [-0.05, 0) is 18.6 Å². The Hall–Kier alpha value is -1.18. The Morgan fingerprint density at radius 2 is 2.45 bits per heavy atom. The zero-order chi connectivity index (χ0) is 7.68. The number of aromatic nitrogens is 1. The summed E-state index contributed by atoms with van der Waals surface area (Å²) in [6.45, 7) is 2.13. The van der Waals surface area contributed by atoms with Crippen LogP contribution in [0.5, 0.6) is 0 Å². The van der Waals surface area contributed by atoms with Crippen LogP contribution < -0.4 is 0 Å². The first kappa shape index (κ1) is 6.53. The number of aliphatic imine (C=N–C) groups is 1. The molecule has 0 N–H and O–H groups in total. The number of fused-ring (bicyclic) bond motifs is 1. The molecule has 0 spiro atoms. The number of hydrogen-bond acceptors (Lipinski definition) is 2. The maximum Gasteiger partial charge on any atom is 0.0848 e. The van der Waals surface area contributed by atoms with Gasteiger partial charge >= 0.3 is 0 Å². The highest BCUT2D eigenvalue weighted by atomic mass is 14.8. The van der Waals surface area contributed by atoms with Crippen LogP contribution in [0.1, 0.15) is 19.0 Å². The Morgan fingerprint density at radius 1 is 1.55 bits per heavy atom. The molecule has 0 aliphatic carbocycles. The molecular formula is C9H10N2. The monoisotopic (exact) mass is 146 g/mol. The van der Waals surface area contributed by atoms with Gasteiger partial charge in [0.25, 0.3) is 0 Å². The van der Waals surface area contributed by atoms with E-state index in [1.165, 1.54) is 5.71 Å². The summed E-state index contributed by atoms with van der Waals surface area (Å²) >= 11 is 0. The van der Waals surface area contributed by atoms with Crippen LogP contribution in [0.25, 0.3) is 0 Å². The van der Waals surface area contributed by atoms with Gasteiger partial charge in [0.05, 0.1) is 11.4 Å². The summed E-state index contributed by atoms with van der Waals surface area (Å²) in [6, 6.07) is 3.95. The quantitative estimate of drug-likeness (QED) is 0.595. The average Bonchev–Trinajstić information content (AvgIpc) is 2.46. The van der Waals surface area contributed by atoms with E-state index in [9.17, 15) is 0 Å². The van der Waals surface area contributed by atoms with Crippen molar-refractivity contribution in [3.63, 3.8) is 0 Å². The standard InChI is InChI=1S/C9H10N2/c1-2-7-6-9-8(11-7)4-3-5-10-9/h3-5H,2,6H2,1H3. The van der Waals surface area contributed by atoms with E-state index < -0.39 is 0 Å². The lowest BCUT2D eigenvalue weighted by atomic mass is 10.2. The third kappa shape index (κ3) is 1.04. The van der Waals surface area contributed by atoms with Gasteiger partial charge in [-0.3, -0.25) is 9.98 Å². The maximum absolute atomic E-state index is 4.42. The van der Waals surface area contributed by atoms with Crippen LogP contribution >= 0.6 is 0 Å². The minimum Gasteiger partial charge on any atom is -0.259 e. The van der Waals surface area contributed by atoms with E-state index in [1.807, 2.05) is 18.3 Å². The summed E-state index contributed by atoms with van der Waals surface area (Å²) in [6.07, 6.45) is 3.82. The lowest BCUT2D eigenvalue weighted by molar-refractivity contribution is 1.14. The molecule has 2 rings (SSSR count). The molecule has 0 bridgehead atoms. The van der Waals surface area contributed by atoms with Crippen molar-refractivity contribution in [1.82, 2.24) is 4.98 Å². The Labute approximate surface area is 66.0 Å². The predicted octanol–water partition coefficient (Wildman–Crippen LogP) is 2.12. The molecule has 0 fully saturated rings. The van der Waals surface area contributed by atoms with E-state index in [2.05, 4.69) is 16.9 Å². The van der Waals surface area contributed by atoms with E-state index in [-0.39, 0.29) is 0 Å². The first-order valence-electron chi connectivity index (χ1n) is 3.90. The SMILES string of the molecule is CCC1=Nc2cccnc2C1. The molecule has 0 saturated heterocycles. The van der Waals surface area contributed by atoms with Gasteiger partial charge in [0.15, 0.2) is 0 Å². The van der Waals surface area contributed by atoms with Gasteiger partial charge in [0.1, 0.15) is 0 Å². The molecule has 0 atom stereocenters. The Bertz CT molecular complexity index is 302. The molecular weight excluding hydrogens is 136 g/mol. The molecule has 2 heterocycles. The summed E-state index contributed by atoms with van der Waals surface area (Å²) in [4.78, 5) is 8.67. The van der Waals surface area contributed by atoms with Gasteiger partial charge in [0, 0.05) is 18.3 Å². The molecule has 0 saturated carbocycles. The molecule has 1 aromatic rings. The minimum absolute atomic E-state index is 0.951. The van der Waals surface area contributed by atoms with E-state index in [0.29, 0.717) is 0 Å². The van der Waals surface area contributed by atoms with Crippen molar-refractivity contribution in [3.05, 3.63) is 24.0 Å². The van der Waals surface area contributed by atoms with Crippen LogP contribution in [0.15, 0.2) is 23.3 Å². The second-order valence-electron chi connectivity index (χ2n) is 2.68. The molecule has 1 aliphatic heterocycles. The van der Waals surface area contributed by atoms with Gasteiger partial charge in [-0.25, -0.2) is 0 Å². The van der Waals surface area contributed by atoms with Crippen molar-refractivity contribution in [3.8, 4) is 0 Å². The van der Waals surface area contributed by atoms with Crippen molar-refractivity contribution in [2.75, 3.05) is 0 Å². The van der Waals surface area contributed by atoms with Crippen molar-refractivity contribution in [2.24, 2.45) is 4.99 Å². The van der Waals surface area contributed by atoms with Gasteiger partial charge < -0.3 is 0 Å². The fourth-order valence-electron chi connectivity index (χ4n) is 1.27. The zero-order valence-corrected chi connectivity index (χ0v) is 6.54. The van der Waals surface area contributed by atoms with E-state index >= 15 is 0 Å². The molecule has 56 valence electrons. The highest BCUT2D eigenvalue weighted by Crippen LogP contribution is 2.24. The number of nitrogens with zero attached hydrogens (tertiary/aromatic N) is 2. The molecule has 0 radical (unpaired) electrons. The second-order valence-corrected chi connectivity index (χ2v) is 2.68. The van der Waals surface area contributed by atoms with Crippen molar-refractivity contribution in [2.45, 2.75) is 19.8 Å². The largest absolute Gasteiger partial charge is 0.259 e. The van der Waals surface area contributed by atoms with Crippen LogP contribution in [0.3, 0.4) is 0 Å². The molecule has 2 heteroatoms. The Kier molecular flexibility index (Phi) is 1.46. The highest BCUT2D eigenvalue weighted by molar-refractivity contribution is 5.92. The normalized spacial score (nSPS) is 14.5. The molecule has 0 aromatic carbocycles. The molecule has 1 aromatic heterocycles. The average molecular weight is 146 g/mol. The lowest BCUT2D eigenvalue weighted by Gasteiger charge is -1.91. The highest BCUT2D eigenvalue weighted by Gasteiger charge is 2.12. The van der Waals surface area contributed by atoms with Gasteiger partial charge in [-0.1, -0.05) is 6.92 Å². The summed E-state index contributed by atoms with van der Waals surface area (Å²) in [5.41, 5.74) is 3.44. The molecule has 1 aliphatic rings. The Balaban J connectivity index is 2.39. The first-order valence-corrected chi connectivity index (χ1v) is 3.90. The fourth-order valence-corrected chi connectivity index (χ4v) is 1.27. The number of pyridine rings is 1. The van der Waals surface area contributed by atoms with Gasteiger partial charge in [0.2, 0.25) is 0 Å². The minimum atomic E-state index is 0.951. The Morgan fingerprint density at radius 3 is 3.18 bits per heavy atom. The van der Waals surface area contributed by atoms with Crippen LogP contribution in [0.4, 0.5) is 5.69 Å². The van der Waals surface area contributed by atoms with Crippen LogP contribution in [-0.2, 0) is 6.42 Å². The van der Waals surface area contributed by atoms with Crippen molar-refractivity contribution in [1.29, 1.82) is 0 Å². The van der Waals surface area contributed by atoms with E-state index in [4.69, 9.17) is 0 Å². The summed E-state index contributed by atoms with van der Waals surface area (Å²) in [7, 11) is 0. The molecule has 0 unspecified atom stereocenters. The first-order chi connectivity index (χ1) is 5.40. The lowest BCUT2D eigenvalue weighted by Crippen LogP contribution is -1.95. The van der Waals surface area contributed by atoms with E-state index in [0.717, 1.165) is 24.2 Å².